The van der Waals surface area contributed by atoms with Crippen molar-refractivity contribution in [3.8, 4) is 0 Å². The summed E-state index contributed by atoms with van der Waals surface area (Å²) in [5.41, 5.74) is -0.463. The zero-order valence-corrected chi connectivity index (χ0v) is 14.9. The highest BCUT2D eigenvalue weighted by Gasteiger charge is 2.16. The lowest BCUT2D eigenvalue weighted by Crippen LogP contribution is -2.39. The Morgan fingerprint density at radius 1 is 1.26 bits per heavy atom. The van der Waals surface area contributed by atoms with Gasteiger partial charge in [0.15, 0.2) is 5.96 Å². The molecule has 0 radical (unpaired) electrons. The molecule has 0 aromatic heterocycles. The minimum absolute atomic E-state index is 0.249. The van der Waals surface area contributed by atoms with E-state index < -0.39 is 5.60 Å². The van der Waals surface area contributed by atoms with Crippen molar-refractivity contribution < 1.29 is 14.3 Å². The van der Waals surface area contributed by atoms with Crippen LogP contribution in [0.3, 0.4) is 0 Å². The van der Waals surface area contributed by atoms with E-state index in [9.17, 15) is 4.79 Å². The highest BCUT2D eigenvalue weighted by atomic mass is 16.6. The molecular formula is C16H32N4O3. The van der Waals surface area contributed by atoms with Gasteiger partial charge in [0.2, 0.25) is 0 Å². The molecule has 3 N–H and O–H groups in total. The van der Waals surface area contributed by atoms with Gasteiger partial charge in [0.1, 0.15) is 5.60 Å². The van der Waals surface area contributed by atoms with Gasteiger partial charge in [0.05, 0.1) is 12.6 Å². The van der Waals surface area contributed by atoms with Crippen LogP contribution in [0.15, 0.2) is 4.99 Å². The number of alkyl carbamates (subject to hydrolysis) is 1. The second kappa shape index (κ2) is 10.3. The Morgan fingerprint density at radius 3 is 2.61 bits per heavy atom. The average molecular weight is 328 g/mol. The first-order valence-electron chi connectivity index (χ1n) is 8.51. The molecule has 0 spiro atoms. The molecule has 7 heteroatoms. The van der Waals surface area contributed by atoms with E-state index in [0.717, 1.165) is 44.9 Å². The van der Waals surface area contributed by atoms with Crippen LogP contribution in [0, 0.1) is 0 Å². The number of ether oxygens (including phenoxy) is 2. The normalized spacial score (nSPS) is 18.6. The van der Waals surface area contributed by atoms with Crippen molar-refractivity contribution in [1.82, 2.24) is 16.0 Å². The molecule has 1 aliphatic rings. The Kier molecular flexibility index (Phi) is 8.76. The summed E-state index contributed by atoms with van der Waals surface area (Å²) in [6, 6.07) is 0. The maximum absolute atomic E-state index is 11.5. The molecule has 23 heavy (non-hydrogen) atoms. The fourth-order valence-corrected chi connectivity index (χ4v) is 2.12. The first kappa shape index (κ1) is 19.5. The Labute approximate surface area is 139 Å². The highest BCUT2D eigenvalue weighted by Crippen LogP contribution is 2.11. The number of amides is 1. The summed E-state index contributed by atoms with van der Waals surface area (Å²) < 4.78 is 10.7. The Bertz CT molecular complexity index is 374. The van der Waals surface area contributed by atoms with Gasteiger partial charge in [-0.3, -0.25) is 4.99 Å². The fourth-order valence-electron chi connectivity index (χ4n) is 2.12. The largest absolute Gasteiger partial charge is 0.444 e. The predicted octanol–water partition coefficient (Wildman–Crippen LogP) is 1.64. The van der Waals surface area contributed by atoms with Crippen molar-refractivity contribution in [1.29, 1.82) is 0 Å². The Hall–Kier alpha value is -1.50. The lowest BCUT2D eigenvalue weighted by Gasteiger charge is -2.19. The summed E-state index contributed by atoms with van der Waals surface area (Å²) in [7, 11) is 0. The standard InChI is InChI=1S/C16H32N4O3/c1-5-17-14(20-12-13-8-6-11-22-13)18-9-7-10-19-15(21)23-16(2,3)4/h13H,5-12H2,1-4H3,(H,19,21)(H2,17,18,20). The van der Waals surface area contributed by atoms with Crippen molar-refractivity contribution in [3.63, 3.8) is 0 Å². The van der Waals surface area contributed by atoms with Gasteiger partial charge in [0.25, 0.3) is 0 Å². The van der Waals surface area contributed by atoms with Gasteiger partial charge in [-0.25, -0.2) is 4.79 Å². The lowest BCUT2D eigenvalue weighted by atomic mass is 10.2. The van der Waals surface area contributed by atoms with Crippen LogP contribution >= 0.6 is 0 Å². The molecule has 1 rings (SSSR count). The number of carbonyl (C=O) groups is 1. The minimum Gasteiger partial charge on any atom is -0.444 e. The van der Waals surface area contributed by atoms with Crippen LogP contribution in [-0.4, -0.2) is 56.5 Å². The summed E-state index contributed by atoms with van der Waals surface area (Å²) in [6.07, 6.45) is 2.88. The van der Waals surface area contributed by atoms with Crippen molar-refractivity contribution in [2.75, 3.05) is 32.8 Å². The molecule has 1 heterocycles. The summed E-state index contributed by atoms with van der Waals surface area (Å²) in [5, 5.41) is 9.21. The smallest absolute Gasteiger partial charge is 0.407 e. The van der Waals surface area contributed by atoms with Gasteiger partial charge in [0, 0.05) is 26.2 Å². The van der Waals surface area contributed by atoms with Crippen LogP contribution in [0.5, 0.6) is 0 Å². The van der Waals surface area contributed by atoms with Crippen LogP contribution in [0.4, 0.5) is 4.79 Å². The second-order valence-corrected chi connectivity index (χ2v) is 6.56. The molecule has 1 unspecified atom stereocenters. The Morgan fingerprint density at radius 2 is 2.00 bits per heavy atom. The minimum atomic E-state index is -0.463. The number of carbonyl (C=O) groups excluding carboxylic acids is 1. The summed E-state index contributed by atoms with van der Waals surface area (Å²) in [6.45, 7) is 11.2. The van der Waals surface area contributed by atoms with E-state index >= 15 is 0 Å². The third-order valence-corrected chi connectivity index (χ3v) is 3.14. The van der Waals surface area contributed by atoms with Crippen LogP contribution < -0.4 is 16.0 Å². The molecule has 0 aliphatic carbocycles. The quantitative estimate of drug-likeness (QED) is 0.376. The molecule has 0 saturated carbocycles. The average Bonchev–Trinajstić information content (AvgIpc) is 2.95. The molecule has 0 aromatic rings. The molecule has 7 nitrogen and oxygen atoms in total. The number of rotatable bonds is 7. The molecule has 1 aliphatic heterocycles. The molecule has 1 fully saturated rings. The maximum atomic E-state index is 11.5. The van der Waals surface area contributed by atoms with Crippen LogP contribution in [0.2, 0.25) is 0 Å². The predicted molar refractivity (Wildman–Crippen MR) is 91.8 cm³/mol. The van der Waals surface area contributed by atoms with E-state index in [-0.39, 0.29) is 12.2 Å². The van der Waals surface area contributed by atoms with Gasteiger partial charge in [-0.15, -0.1) is 0 Å². The Balaban J connectivity index is 2.17. The molecule has 1 saturated heterocycles. The summed E-state index contributed by atoms with van der Waals surface area (Å²) >= 11 is 0. The third-order valence-electron chi connectivity index (χ3n) is 3.14. The van der Waals surface area contributed by atoms with Crippen molar-refractivity contribution in [2.24, 2.45) is 4.99 Å². The summed E-state index contributed by atoms with van der Waals surface area (Å²) in [4.78, 5) is 16.0. The number of hydrogen-bond donors (Lipinski definition) is 3. The van der Waals surface area contributed by atoms with Crippen LogP contribution in [-0.2, 0) is 9.47 Å². The zero-order valence-electron chi connectivity index (χ0n) is 14.9. The summed E-state index contributed by atoms with van der Waals surface area (Å²) in [5.74, 6) is 0.792. The topological polar surface area (TPSA) is 84.0 Å². The van der Waals surface area contributed by atoms with Gasteiger partial charge in [-0.1, -0.05) is 0 Å². The number of aliphatic imine (C=N–C) groups is 1. The van der Waals surface area contributed by atoms with Gasteiger partial charge in [-0.05, 0) is 47.0 Å². The van der Waals surface area contributed by atoms with Gasteiger partial charge < -0.3 is 25.4 Å². The lowest BCUT2D eigenvalue weighted by molar-refractivity contribution is 0.0527. The van der Waals surface area contributed by atoms with E-state index in [1.807, 2.05) is 27.7 Å². The monoisotopic (exact) mass is 328 g/mol. The van der Waals surface area contributed by atoms with Crippen LogP contribution in [0.25, 0.3) is 0 Å². The number of nitrogens with zero attached hydrogens (tertiary/aromatic N) is 1. The number of nitrogens with one attached hydrogen (secondary N) is 3. The fraction of sp³-hybridized carbons (Fsp3) is 0.875. The first-order chi connectivity index (χ1) is 10.9. The van der Waals surface area contributed by atoms with E-state index in [2.05, 4.69) is 20.9 Å². The van der Waals surface area contributed by atoms with Gasteiger partial charge in [-0.2, -0.15) is 0 Å². The molecule has 134 valence electrons. The SMILES string of the molecule is CCNC(=NCC1CCCO1)NCCCNC(=O)OC(C)(C)C. The van der Waals surface area contributed by atoms with Crippen molar-refractivity contribution in [2.45, 2.75) is 58.7 Å². The van der Waals surface area contributed by atoms with E-state index in [0.29, 0.717) is 13.1 Å². The molecule has 1 amide bonds. The highest BCUT2D eigenvalue weighted by molar-refractivity contribution is 5.79. The van der Waals surface area contributed by atoms with Gasteiger partial charge >= 0.3 is 6.09 Å². The molecular weight excluding hydrogens is 296 g/mol. The zero-order chi connectivity index (χ0) is 17.1. The maximum Gasteiger partial charge on any atom is 0.407 e. The van der Waals surface area contributed by atoms with E-state index in [4.69, 9.17) is 9.47 Å². The van der Waals surface area contributed by atoms with Crippen LogP contribution in [0.1, 0.15) is 47.0 Å². The van der Waals surface area contributed by atoms with Crippen molar-refractivity contribution in [3.05, 3.63) is 0 Å². The molecule has 1 atom stereocenters. The second-order valence-electron chi connectivity index (χ2n) is 6.56. The molecule has 0 aromatic carbocycles. The third kappa shape index (κ3) is 9.99. The van der Waals surface area contributed by atoms with E-state index in [1.165, 1.54) is 0 Å². The molecule has 0 bridgehead atoms. The number of guanidine groups is 1. The number of hydrogen-bond acceptors (Lipinski definition) is 4. The first-order valence-corrected chi connectivity index (χ1v) is 8.51. The van der Waals surface area contributed by atoms with E-state index in [1.54, 1.807) is 0 Å². The van der Waals surface area contributed by atoms with Crippen molar-refractivity contribution >= 4 is 12.1 Å².